The molecule has 0 radical (unpaired) electrons. The van der Waals surface area contributed by atoms with E-state index in [0.717, 1.165) is 28.5 Å². The fourth-order valence-corrected chi connectivity index (χ4v) is 1.69. The molecule has 0 atom stereocenters. The fourth-order valence-electron chi connectivity index (χ4n) is 1.57. The van der Waals surface area contributed by atoms with Gasteiger partial charge in [-0.15, -0.1) is 0 Å². The molecule has 0 unspecified atom stereocenters. The molecule has 2 aromatic heterocycles. The zero-order chi connectivity index (χ0) is 13.1. The summed E-state index contributed by atoms with van der Waals surface area (Å²) in [6.07, 6.45) is 1.65. The van der Waals surface area contributed by atoms with Crippen molar-refractivity contribution in [2.45, 2.75) is 13.8 Å². The van der Waals surface area contributed by atoms with Gasteiger partial charge in [-0.25, -0.2) is 4.98 Å². The number of thiocarbonyl (C=S) groups is 1. The molecule has 2 aromatic rings. The summed E-state index contributed by atoms with van der Waals surface area (Å²) in [7, 11) is 0. The van der Waals surface area contributed by atoms with Crippen molar-refractivity contribution in [3.8, 4) is 0 Å². The first-order valence-corrected chi connectivity index (χ1v) is 5.94. The van der Waals surface area contributed by atoms with Gasteiger partial charge >= 0.3 is 0 Å². The van der Waals surface area contributed by atoms with Crippen molar-refractivity contribution in [2.24, 2.45) is 5.73 Å². The minimum Gasteiger partial charge on any atom is -0.389 e. The minimum absolute atomic E-state index is 0.349. The van der Waals surface area contributed by atoms with E-state index < -0.39 is 0 Å². The van der Waals surface area contributed by atoms with Crippen LogP contribution in [-0.2, 0) is 0 Å². The minimum atomic E-state index is 0.349. The van der Waals surface area contributed by atoms with Crippen LogP contribution in [-0.4, -0.2) is 15.0 Å². The van der Waals surface area contributed by atoms with Crippen LogP contribution in [0.15, 0.2) is 30.5 Å². The van der Waals surface area contributed by atoms with Crippen molar-refractivity contribution in [3.63, 3.8) is 0 Å². The van der Waals surface area contributed by atoms with Gasteiger partial charge in [0, 0.05) is 17.5 Å². The molecule has 0 aromatic carbocycles. The molecule has 4 nitrogen and oxygen atoms in total. The summed E-state index contributed by atoms with van der Waals surface area (Å²) >= 11 is 4.88. The molecule has 92 valence electrons. The lowest BCUT2D eigenvalue weighted by molar-refractivity contribution is 1.12. The van der Waals surface area contributed by atoms with E-state index in [1.165, 1.54) is 0 Å². The van der Waals surface area contributed by atoms with Gasteiger partial charge in [0.05, 0.1) is 11.4 Å². The molecule has 0 saturated carbocycles. The van der Waals surface area contributed by atoms with Crippen molar-refractivity contribution in [1.29, 1.82) is 0 Å². The van der Waals surface area contributed by atoms with Crippen LogP contribution in [0.3, 0.4) is 0 Å². The number of nitrogens with one attached hydrogen (secondary N) is 1. The van der Waals surface area contributed by atoms with Gasteiger partial charge in [-0.3, -0.25) is 4.98 Å². The van der Waals surface area contributed by atoms with E-state index in [1.807, 2.05) is 38.1 Å². The highest BCUT2D eigenvalue weighted by atomic mass is 32.1. The number of aromatic nitrogens is 2. The lowest BCUT2D eigenvalue weighted by Crippen LogP contribution is -2.09. The van der Waals surface area contributed by atoms with E-state index in [4.69, 9.17) is 18.0 Å². The summed E-state index contributed by atoms with van der Waals surface area (Å²) in [6.45, 7) is 3.92. The third-order valence-corrected chi connectivity index (χ3v) is 2.77. The van der Waals surface area contributed by atoms with Crippen LogP contribution in [0.4, 0.5) is 11.5 Å². The second-order valence-electron chi connectivity index (χ2n) is 4.01. The van der Waals surface area contributed by atoms with E-state index >= 15 is 0 Å². The van der Waals surface area contributed by atoms with Gasteiger partial charge in [0.15, 0.2) is 0 Å². The number of pyridine rings is 2. The van der Waals surface area contributed by atoms with E-state index in [9.17, 15) is 0 Å². The molecule has 0 amide bonds. The third-order valence-electron chi connectivity index (χ3n) is 2.54. The number of hydrogen-bond acceptors (Lipinski definition) is 4. The first-order valence-electron chi connectivity index (χ1n) is 5.53. The lowest BCUT2D eigenvalue weighted by Gasteiger charge is -2.09. The Labute approximate surface area is 111 Å². The summed E-state index contributed by atoms with van der Waals surface area (Å²) < 4.78 is 0. The first-order chi connectivity index (χ1) is 8.56. The second kappa shape index (κ2) is 5.10. The molecule has 0 aliphatic carbocycles. The second-order valence-corrected chi connectivity index (χ2v) is 4.45. The molecule has 0 aliphatic rings. The molecule has 0 aliphatic heterocycles. The van der Waals surface area contributed by atoms with Gasteiger partial charge in [0.25, 0.3) is 0 Å². The zero-order valence-electron chi connectivity index (χ0n) is 10.3. The predicted molar refractivity (Wildman–Crippen MR) is 77.1 cm³/mol. The molecule has 5 heteroatoms. The SMILES string of the molecule is Cc1ccc(Nc2ccc(C(N)=S)cn2)c(C)n1. The van der Waals surface area contributed by atoms with Crippen molar-refractivity contribution >= 4 is 28.7 Å². The molecule has 18 heavy (non-hydrogen) atoms. The maximum Gasteiger partial charge on any atom is 0.130 e. The summed E-state index contributed by atoms with van der Waals surface area (Å²) in [5, 5.41) is 3.21. The number of rotatable bonds is 3. The summed E-state index contributed by atoms with van der Waals surface area (Å²) in [5.41, 5.74) is 9.15. The van der Waals surface area contributed by atoms with Gasteiger partial charge in [-0.2, -0.15) is 0 Å². The number of aryl methyl sites for hydroxylation is 2. The molecule has 0 fully saturated rings. The average Bonchev–Trinajstić information content (AvgIpc) is 2.33. The van der Waals surface area contributed by atoms with Crippen LogP contribution >= 0.6 is 12.2 Å². The topological polar surface area (TPSA) is 63.8 Å². The highest BCUT2D eigenvalue weighted by Crippen LogP contribution is 2.17. The monoisotopic (exact) mass is 258 g/mol. The average molecular weight is 258 g/mol. The third kappa shape index (κ3) is 2.81. The standard InChI is InChI=1S/C13H14N4S/c1-8-3-5-11(9(2)16-8)17-12-6-4-10(7-15-12)13(14)18/h3-7H,1-2H3,(H2,14,18)(H,15,17). The predicted octanol–water partition coefficient (Wildman–Crippen LogP) is 2.47. The Hall–Kier alpha value is -2.01. The highest BCUT2D eigenvalue weighted by Gasteiger charge is 2.02. The van der Waals surface area contributed by atoms with Crippen molar-refractivity contribution in [2.75, 3.05) is 5.32 Å². The quantitative estimate of drug-likeness (QED) is 0.828. The number of nitrogens with zero attached hydrogens (tertiary/aromatic N) is 2. The molecular formula is C13H14N4S. The van der Waals surface area contributed by atoms with E-state index in [2.05, 4.69) is 15.3 Å². The van der Waals surface area contributed by atoms with Crippen LogP contribution in [0.25, 0.3) is 0 Å². The molecule has 2 heterocycles. The van der Waals surface area contributed by atoms with E-state index in [1.54, 1.807) is 6.20 Å². The highest BCUT2D eigenvalue weighted by molar-refractivity contribution is 7.80. The van der Waals surface area contributed by atoms with Crippen LogP contribution in [0.1, 0.15) is 17.0 Å². The summed E-state index contributed by atoms with van der Waals surface area (Å²) in [5.74, 6) is 0.740. The molecule has 0 saturated heterocycles. The molecule has 0 bridgehead atoms. The van der Waals surface area contributed by atoms with E-state index in [0.29, 0.717) is 4.99 Å². The lowest BCUT2D eigenvalue weighted by atomic mass is 10.2. The van der Waals surface area contributed by atoms with Crippen LogP contribution in [0.2, 0.25) is 0 Å². The van der Waals surface area contributed by atoms with Gasteiger partial charge in [-0.1, -0.05) is 12.2 Å². The Morgan fingerprint density at radius 3 is 2.56 bits per heavy atom. The van der Waals surface area contributed by atoms with E-state index in [-0.39, 0.29) is 0 Å². The Morgan fingerprint density at radius 1 is 1.22 bits per heavy atom. The Balaban J connectivity index is 2.21. The maximum atomic E-state index is 5.52. The van der Waals surface area contributed by atoms with Crippen molar-refractivity contribution < 1.29 is 0 Å². The van der Waals surface area contributed by atoms with Gasteiger partial charge in [0.1, 0.15) is 10.8 Å². The van der Waals surface area contributed by atoms with Crippen molar-refractivity contribution in [1.82, 2.24) is 9.97 Å². The Morgan fingerprint density at radius 2 is 2.00 bits per heavy atom. The molecule has 2 rings (SSSR count). The van der Waals surface area contributed by atoms with Crippen molar-refractivity contribution in [3.05, 3.63) is 47.4 Å². The fraction of sp³-hybridized carbons (Fsp3) is 0.154. The number of anilines is 2. The van der Waals surface area contributed by atoms with Gasteiger partial charge in [-0.05, 0) is 38.1 Å². The maximum absolute atomic E-state index is 5.52. The van der Waals surface area contributed by atoms with Gasteiger partial charge < -0.3 is 11.1 Å². The normalized spacial score (nSPS) is 10.1. The zero-order valence-corrected chi connectivity index (χ0v) is 11.1. The van der Waals surface area contributed by atoms with Crippen LogP contribution in [0.5, 0.6) is 0 Å². The Kier molecular flexibility index (Phi) is 3.53. The molecule has 0 spiro atoms. The molecule has 3 N–H and O–H groups in total. The summed E-state index contributed by atoms with van der Waals surface area (Å²) in [6, 6.07) is 7.63. The van der Waals surface area contributed by atoms with Gasteiger partial charge in [0.2, 0.25) is 0 Å². The first kappa shape index (κ1) is 12.4. The van der Waals surface area contributed by atoms with Crippen LogP contribution < -0.4 is 11.1 Å². The largest absolute Gasteiger partial charge is 0.389 e. The molecular weight excluding hydrogens is 244 g/mol. The van der Waals surface area contributed by atoms with Crippen LogP contribution in [0, 0.1) is 13.8 Å². The summed E-state index contributed by atoms with van der Waals surface area (Å²) in [4.78, 5) is 8.99. The number of nitrogens with two attached hydrogens (primary N) is 1. The number of hydrogen-bond donors (Lipinski definition) is 2. The Bertz CT molecular complexity index is 578. The smallest absolute Gasteiger partial charge is 0.130 e.